The number of nitrogens with two attached hydrogens (primary N) is 1. The van der Waals surface area contributed by atoms with Gasteiger partial charge in [0.15, 0.2) is 31.1 Å². The number of hydrogen-bond acceptors (Lipinski definition) is 10. The van der Waals surface area contributed by atoms with Gasteiger partial charge in [-0.25, -0.2) is 9.78 Å². The minimum atomic E-state index is -1.59. The molecule has 0 fully saturated rings. The van der Waals surface area contributed by atoms with Crippen molar-refractivity contribution in [3.63, 3.8) is 0 Å². The molecule has 0 saturated heterocycles. The fraction of sp³-hybridized carbons (Fsp3) is 0.231. The molecule has 1 unspecified atom stereocenters. The molecule has 0 spiro atoms. The number of aryl methyl sites for hydroxylation is 1. The molecule has 14 heteroatoms. The van der Waals surface area contributed by atoms with E-state index in [1.54, 1.807) is 16.7 Å². The minimum Gasteiger partial charge on any atom is -0.393 e. The molecular formula is C26H25ClN5O7P. The molecule has 0 amide bonds. The van der Waals surface area contributed by atoms with E-state index in [1.165, 1.54) is 6.33 Å². The molecule has 3 N–H and O–H groups in total. The third-order valence-electron chi connectivity index (χ3n) is 5.73. The molecule has 3 aromatic heterocycles. The lowest BCUT2D eigenvalue weighted by atomic mass is 10.1. The summed E-state index contributed by atoms with van der Waals surface area (Å²) in [6.45, 7) is 2.73. The molecule has 5 aromatic rings. The summed E-state index contributed by atoms with van der Waals surface area (Å²) in [6.07, 6.45) is 1.61. The van der Waals surface area contributed by atoms with E-state index in [4.69, 9.17) is 40.0 Å². The largest absolute Gasteiger partial charge is 0.519 e. The van der Waals surface area contributed by atoms with Crippen molar-refractivity contribution in [2.45, 2.75) is 26.7 Å². The molecule has 12 nitrogen and oxygen atoms in total. The highest BCUT2D eigenvalue weighted by Gasteiger charge is 2.19. The number of anilines is 1. The van der Waals surface area contributed by atoms with Gasteiger partial charge in [0.25, 0.3) is 5.56 Å². The Balaban J connectivity index is 1.24. The highest BCUT2D eigenvalue weighted by molar-refractivity contribution is 7.46. The van der Waals surface area contributed by atoms with Gasteiger partial charge in [-0.3, -0.25) is 9.78 Å². The highest BCUT2D eigenvalue weighted by Crippen LogP contribution is 2.41. The Labute approximate surface area is 233 Å². The number of nitrogens with zero attached hydrogens (tertiary/aromatic N) is 3. The summed E-state index contributed by atoms with van der Waals surface area (Å²) in [7, 11) is -1.59. The minimum absolute atomic E-state index is 0.00223. The number of nitrogen functional groups attached to an aromatic ring is 1. The molecule has 5 rings (SSSR count). The molecule has 208 valence electrons. The van der Waals surface area contributed by atoms with Crippen LogP contribution in [0.1, 0.15) is 16.9 Å². The highest BCUT2D eigenvalue weighted by atomic mass is 35.5. The average molecular weight is 586 g/mol. The van der Waals surface area contributed by atoms with Crippen molar-refractivity contribution in [3.05, 3.63) is 97.7 Å². The van der Waals surface area contributed by atoms with E-state index in [9.17, 15) is 9.59 Å². The van der Waals surface area contributed by atoms with Gasteiger partial charge in [0.05, 0.1) is 19.5 Å². The number of hydrogen-bond donors (Lipinski definition) is 2. The zero-order valence-electron chi connectivity index (χ0n) is 21.3. The molecule has 0 aliphatic rings. The molecule has 2 aromatic carbocycles. The third-order valence-corrected chi connectivity index (χ3v) is 7.19. The molecule has 3 heterocycles. The maximum atomic E-state index is 12.0. The normalized spacial score (nSPS) is 12.2. The number of imidazole rings is 1. The Morgan fingerprint density at radius 3 is 2.70 bits per heavy atom. The van der Waals surface area contributed by atoms with Gasteiger partial charge in [0, 0.05) is 17.1 Å². The van der Waals surface area contributed by atoms with E-state index in [0.29, 0.717) is 28.5 Å². The average Bonchev–Trinajstić information content (AvgIpc) is 3.51. The summed E-state index contributed by atoms with van der Waals surface area (Å²) in [5, 5.41) is 0.589. The summed E-state index contributed by atoms with van der Waals surface area (Å²) >= 11 is 6.10. The van der Waals surface area contributed by atoms with Crippen LogP contribution in [0.25, 0.3) is 22.5 Å². The second-order valence-corrected chi connectivity index (χ2v) is 10.6. The van der Waals surface area contributed by atoms with Crippen molar-refractivity contribution in [2.24, 2.45) is 0 Å². The number of rotatable bonds is 12. The lowest BCUT2D eigenvalue weighted by molar-refractivity contribution is 0.136. The zero-order chi connectivity index (χ0) is 28.1. The number of fused-ring (bicyclic) bond motifs is 1. The Hall–Kier alpha value is -3.80. The zero-order valence-corrected chi connectivity index (χ0v) is 23.0. The second-order valence-electron chi connectivity index (χ2n) is 8.68. The summed E-state index contributed by atoms with van der Waals surface area (Å²) < 4.78 is 30.1. The summed E-state index contributed by atoms with van der Waals surface area (Å²) in [5.41, 5.74) is 8.42. The fourth-order valence-corrected chi connectivity index (χ4v) is 5.05. The van der Waals surface area contributed by atoms with E-state index in [0.717, 1.165) is 11.1 Å². The number of nitrogens with one attached hydrogen (secondary N) is 1. The Morgan fingerprint density at radius 2 is 1.90 bits per heavy atom. The van der Waals surface area contributed by atoms with Crippen LogP contribution < -0.4 is 17.1 Å². The summed E-state index contributed by atoms with van der Waals surface area (Å²) in [4.78, 5) is 34.6. The Bertz CT molecular complexity index is 1710. The van der Waals surface area contributed by atoms with Gasteiger partial charge >= 0.3 is 5.82 Å². The molecule has 0 bridgehead atoms. The van der Waals surface area contributed by atoms with Crippen LogP contribution in [-0.2, 0) is 33.5 Å². The molecular weight excluding hydrogens is 561 g/mol. The summed E-state index contributed by atoms with van der Waals surface area (Å²) in [5.74, 6) is -0.284. The molecule has 40 heavy (non-hydrogen) atoms. The van der Waals surface area contributed by atoms with Gasteiger partial charge in [-0.1, -0.05) is 53.6 Å². The van der Waals surface area contributed by atoms with E-state index in [1.807, 2.05) is 43.3 Å². The fourth-order valence-electron chi connectivity index (χ4n) is 3.78. The SMILES string of the molecule is Cc1ccc(-c2oc(=O)oc2COP(COCCn2cnc3c(=O)[nH]c(N)nc32)OCc2cccc(Cl)c2)cc1. The standard InChI is InChI=1S/C26H25ClN5O7P/c1-16-5-7-18(8-6-16)22-20(38-26(34)39-22)13-37-40(36-12-17-3-2-4-19(27)11-17)15-35-10-9-32-14-29-21-23(32)30-25(28)31-24(21)33/h2-8,11,14H,9-10,12-13,15H2,1H3,(H3,28,30,31,33). The summed E-state index contributed by atoms with van der Waals surface area (Å²) in [6, 6.07) is 14.8. The first-order valence-electron chi connectivity index (χ1n) is 12.1. The first-order valence-corrected chi connectivity index (χ1v) is 13.9. The third kappa shape index (κ3) is 6.85. The number of ether oxygens (including phenoxy) is 1. The number of aromatic amines is 1. The smallest absolute Gasteiger partial charge is 0.393 e. The molecule has 0 radical (unpaired) electrons. The molecule has 1 atom stereocenters. The van der Waals surface area contributed by atoms with E-state index in [2.05, 4.69) is 15.0 Å². The first kappa shape index (κ1) is 27.8. The van der Waals surface area contributed by atoms with Crippen molar-refractivity contribution < 1.29 is 22.6 Å². The monoisotopic (exact) mass is 585 g/mol. The van der Waals surface area contributed by atoms with Crippen LogP contribution >= 0.6 is 20.0 Å². The van der Waals surface area contributed by atoms with Gasteiger partial charge in [0.1, 0.15) is 13.0 Å². The Kier molecular flexibility index (Phi) is 8.73. The maximum Gasteiger partial charge on any atom is 0.519 e. The first-order chi connectivity index (χ1) is 19.4. The van der Waals surface area contributed by atoms with Gasteiger partial charge in [-0.15, -0.1) is 0 Å². The van der Waals surface area contributed by atoms with Crippen molar-refractivity contribution in [2.75, 3.05) is 18.7 Å². The van der Waals surface area contributed by atoms with Crippen LogP contribution in [0.3, 0.4) is 0 Å². The van der Waals surface area contributed by atoms with E-state index in [-0.39, 0.29) is 43.4 Å². The number of aromatic nitrogens is 4. The predicted octanol–water partition coefficient (Wildman–Crippen LogP) is 4.60. The van der Waals surface area contributed by atoms with Crippen molar-refractivity contribution >= 4 is 37.1 Å². The predicted molar refractivity (Wildman–Crippen MR) is 149 cm³/mol. The number of halogens is 1. The second kappa shape index (κ2) is 12.6. The van der Waals surface area contributed by atoms with Crippen LogP contribution in [0.4, 0.5) is 5.95 Å². The van der Waals surface area contributed by atoms with Crippen LogP contribution in [0.5, 0.6) is 0 Å². The van der Waals surface area contributed by atoms with Gasteiger partial charge in [0.2, 0.25) is 5.95 Å². The quantitative estimate of drug-likeness (QED) is 0.156. The van der Waals surface area contributed by atoms with Crippen molar-refractivity contribution in [3.8, 4) is 11.3 Å². The van der Waals surface area contributed by atoms with Crippen molar-refractivity contribution in [1.82, 2.24) is 19.5 Å². The molecule has 0 aliphatic heterocycles. The van der Waals surface area contributed by atoms with Crippen LogP contribution in [-0.4, -0.2) is 32.5 Å². The topological polar surface area (TPSA) is 161 Å². The molecule has 0 aliphatic carbocycles. The van der Waals surface area contributed by atoms with E-state index < -0.39 is 19.8 Å². The van der Waals surface area contributed by atoms with E-state index >= 15 is 0 Å². The van der Waals surface area contributed by atoms with Gasteiger partial charge in [-0.05, 0) is 24.6 Å². The lowest BCUT2D eigenvalue weighted by Gasteiger charge is -2.17. The maximum absolute atomic E-state index is 12.0. The van der Waals surface area contributed by atoms with Crippen LogP contribution in [0.15, 0.2) is 73.3 Å². The van der Waals surface area contributed by atoms with Gasteiger partial charge < -0.3 is 32.9 Å². The van der Waals surface area contributed by atoms with Crippen LogP contribution in [0, 0.1) is 6.92 Å². The number of H-pyrrole nitrogens is 1. The van der Waals surface area contributed by atoms with Crippen LogP contribution in [0.2, 0.25) is 5.02 Å². The lowest BCUT2D eigenvalue weighted by Crippen LogP contribution is -2.13. The van der Waals surface area contributed by atoms with Gasteiger partial charge in [-0.2, -0.15) is 4.98 Å². The van der Waals surface area contributed by atoms with Crippen molar-refractivity contribution in [1.29, 1.82) is 0 Å². The molecule has 0 saturated carbocycles. The number of benzene rings is 2. The Morgan fingerprint density at radius 1 is 1.10 bits per heavy atom.